The number of aromatic nitrogens is 1. The van der Waals surface area contributed by atoms with E-state index in [4.69, 9.17) is 10.5 Å². The van der Waals surface area contributed by atoms with Gasteiger partial charge in [0.25, 0.3) is 10.1 Å². The molecule has 34 heavy (non-hydrogen) atoms. The number of hydrogen-bond donors (Lipinski definition) is 2. The summed E-state index contributed by atoms with van der Waals surface area (Å²) in [5.74, 6) is 0.788. The van der Waals surface area contributed by atoms with Crippen LogP contribution in [0.3, 0.4) is 0 Å². The number of nitrogens with two attached hydrogens (primary N) is 1. The van der Waals surface area contributed by atoms with E-state index in [0.717, 1.165) is 17.0 Å². The zero-order valence-corrected chi connectivity index (χ0v) is 18.8. The molecule has 0 unspecified atom stereocenters. The first-order valence-electron chi connectivity index (χ1n) is 10.2. The van der Waals surface area contributed by atoms with Crippen LogP contribution in [0.15, 0.2) is 88.1 Å². The number of nitrogens with zero attached hydrogens (tertiary/aromatic N) is 3. The molecule has 0 bridgehead atoms. The summed E-state index contributed by atoms with van der Waals surface area (Å²) in [6.45, 7) is 3.94. The van der Waals surface area contributed by atoms with Gasteiger partial charge in [0.2, 0.25) is 0 Å². The van der Waals surface area contributed by atoms with Gasteiger partial charge in [0.15, 0.2) is 0 Å². The number of fused-ring (bicyclic) bond motifs is 1. The van der Waals surface area contributed by atoms with Crippen LogP contribution >= 0.6 is 0 Å². The van der Waals surface area contributed by atoms with E-state index in [1.807, 2.05) is 38.1 Å². The molecule has 0 amide bonds. The van der Waals surface area contributed by atoms with Crippen molar-refractivity contribution in [1.29, 1.82) is 0 Å². The molecule has 0 aliphatic carbocycles. The zero-order valence-electron chi connectivity index (χ0n) is 18.0. The van der Waals surface area contributed by atoms with Crippen molar-refractivity contribution in [2.75, 3.05) is 5.73 Å². The molecule has 0 aliphatic rings. The summed E-state index contributed by atoms with van der Waals surface area (Å²) >= 11 is 0. The van der Waals surface area contributed by atoms with Crippen molar-refractivity contribution < 1.29 is 17.7 Å². The van der Waals surface area contributed by atoms with Crippen LogP contribution in [0.2, 0.25) is 0 Å². The van der Waals surface area contributed by atoms with Crippen LogP contribution in [0.4, 0.5) is 17.1 Å². The van der Waals surface area contributed by atoms with E-state index in [2.05, 4.69) is 15.2 Å². The van der Waals surface area contributed by atoms with Crippen molar-refractivity contribution in [1.82, 2.24) is 4.98 Å². The summed E-state index contributed by atoms with van der Waals surface area (Å²) in [4.78, 5) is 4.14. The third-order valence-corrected chi connectivity index (χ3v) is 5.74. The summed E-state index contributed by atoms with van der Waals surface area (Å²) in [7, 11) is -4.48. The van der Waals surface area contributed by atoms with Gasteiger partial charge in [-0.3, -0.25) is 9.54 Å². The Kier molecular flexibility index (Phi) is 8.06. The molecular weight excluding hydrogens is 463 g/mol. The van der Waals surface area contributed by atoms with E-state index >= 15 is 0 Å². The second kappa shape index (κ2) is 10.6. The van der Waals surface area contributed by atoms with Gasteiger partial charge in [0, 0.05) is 16.3 Å². The first-order valence-corrected chi connectivity index (χ1v) is 11.6. The quantitative estimate of drug-likeness (QED) is 0.165. The Balaban J connectivity index is 0.00000324. The molecule has 8 nitrogen and oxygen atoms in total. The molecule has 1 aromatic heterocycles. The Bertz CT molecular complexity index is 1440. The SMILES string of the molecule is CC(C)Oc1ccc(-c2ccc(N=Nc3cc(S(=O)(=O)O)c4ccccc4c3N)cn2)cc1.[NaH]. The Morgan fingerprint density at radius 3 is 2.24 bits per heavy atom. The predicted octanol–water partition coefficient (Wildman–Crippen LogP) is 5.28. The van der Waals surface area contributed by atoms with Crippen molar-refractivity contribution in [2.45, 2.75) is 24.8 Å². The van der Waals surface area contributed by atoms with E-state index in [1.54, 1.807) is 42.6 Å². The summed E-state index contributed by atoms with van der Waals surface area (Å²) in [6.07, 6.45) is 1.65. The Hall–Kier alpha value is -2.82. The van der Waals surface area contributed by atoms with Crippen LogP contribution in [0.1, 0.15) is 13.8 Å². The number of hydrogen-bond acceptors (Lipinski definition) is 7. The molecule has 0 atom stereocenters. The molecule has 0 aliphatic heterocycles. The van der Waals surface area contributed by atoms with E-state index in [-0.39, 0.29) is 51.9 Å². The van der Waals surface area contributed by atoms with Crippen LogP contribution in [0, 0.1) is 0 Å². The fourth-order valence-corrected chi connectivity index (χ4v) is 4.07. The number of nitrogen functional groups attached to an aromatic ring is 1. The number of pyridine rings is 1. The first kappa shape index (κ1) is 25.8. The van der Waals surface area contributed by atoms with E-state index in [0.29, 0.717) is 16.5 Å². The predicted molar refractivity (Wildman–Crippen MR) is 135 cm³/mol. The Morgan fingerprint density at radius 1 is 0.971 bits per heavy atom. The maximum atomic E-state index is 11.9. The number of benzene rings is 3. The molecule has 4 rings (SSSR count). The fraction of sp³-hybridized carbons (Fsp3) is 0.125. The molecule has 4 aromatic rings. The average Bonchev–Trinajstić information content (AvgIpc) is 2.78. The van der Waals surface area contributed by atoms with Crippen LogP contribution in [0.25, 0.3) is 22.0 Å². The van der Waals surface area contributed by atoms with Gasteiger partial charge in [-0.05, 0) is 56.3 Å². The van der Waals surface area contributed by atoms with Gasteiger partial charge in [-0.2, -0.15) is 8.42 Å². The number of azo groups is 1. The summed E-state index contributed by atoms with van der Waals surface area (Å²) in [5, 5.41) is 9.02. The van der Waals surface area contributed by atoms with E-state index in [9.17, 15) is 13.0 Å². The zero-order chi connectivity index (χ0) is 23.6. The van der Waals surface area contributed by atoms with Crippen molar-refractivity contribution in [3.63, 3.8) is 0 Å². The van der Waals surface area contributed by atoms with Gasteiger partial charge < -0.3 is 10.5 Å². The van der Waals surface area contributed by atoms with Gasteiger partial charge in [0.05, 0.1) is 23.7 Å². The average molecular weight is 487 g/mol. The molecule has 0 fully saturated rings. The van der Waals surface area contributed by atoms with E-state index < -0.39 is 10.1 Å². The van der Waals surface area contributed by atoms with Crippen LogP contribution < -0.4 is 10.5 Å². The molecule has 0 saturated heterocycles. The molecule has 170 valence electrons. The molecular formula is C24H23N4NaO4S. The van der Waals surface area contributed by atoms with Crippen LogP contribution in [-0.4, -0.2) is 53.6 Å². The van der Waals surface area contributed by atoms with Gasteiger partial charge >= 0.3 is 29.6 Å². The molecule has 0 saturated carbocycles. The standard InChI is InChI=1S/C24H22N4O4S.Na.H/c1-15(2)32-18-10-7-16(8-11-18)21-12-9-17(14-26-21)27-28-22-13-23(33(29,30)31)19-5-3-4-6-20(19)24(22)25;;/h3-15H,25H2,1-2H3,(H,29,30,31);;. The number of anilines is 1. The summed E-state index contributed by atoms with van der Waals surface area (Å²) in [6, 6.07) is 19.0. The molecule has 10 heteroatoms. The molecule has 0 spiro atoms. The van der Waals surface area contributed by atoms with Gasteiger partial charge in [-0.1, -0.05) is 24.3 Å². The normalized spacial score (nSPS) is 11.6. The first-order chi connectivity index (χ1) is 15.7. The second-order valence-corrected chi connectivity index (χ2v) is 9.01. The Morgan fingerprint density at radius 2 is 1.65 bits per heavy atom. The third-order valence-electron chi connectivity index (χ3n) is 4.85. The minimum absolute atomic E-state index is 0. The van der Waals surface area contributed by atoms with Crippen LogP contribution in [-0.2, 0) is 10.1 Å². The number of ether oxygens (including phenoxy) is 1. The minimum atomic E-state index is -4.48. The molecule has 0 radical (unpaired) electrons. The molecule has 3 aromatic carbocycles. The number of rotatable bonds is 6. The van der Waals surface area contributed by atoms with Crippen molar-refractivity contribution in [3.8, 4) is 17.0 Å². The van der Waals surface area contributed by atoms with Crippen molar-refractivity contribution in [3.05, 3.63) is 72.9 Å². The van der Waals surface area contributed by atoms with Crippen LogP contribution in [0.5, 0.6) is 5.75 Å². The molecule has 1 heterocycles. The monoisotopic (exact) mass is 486 g/mol. The second-order valence-electron chi connectivity index (χ2n) is 7.62. The fourth-order valence-electron chi connectivity index (χ4n) is 3.35. The topological polar surface area (TPSA) is 127 Å². The molecule has 3 N–H and O–H groups in total. The van der Waals surface area contributed by atoms with E-state index in [1.165, 1.54) is 6.07 Å². The third kappa shape index (κ3) is 5.81. The summed E-state index contributed by atoms with van der Waals surface area (Å²) < 4.78 is 39.0. The maximum absolute atomic E-state index is 11.9. The van der Waals surface area contributed by atoms with Gasteiger partial charge in [-0.25, -0.2) is 0 Å². The summed E-state index contributed by atoms with van der Waals surface area (Å²) in [5.41, 5.74) is 8.71. The van der Waals surface area contributed by atoms with Gasteiger partial charge in [-0.15, -0.1) is 10.2 Å². The van der Waals surface area contributed by atoms with Gasteiger partial charge in [0.1, 0.15) is 22.0 Å². The Labute approximate surface area is 219 Å². The van der Waals surface area contributed by atoms with Crippen molar-refractivity contribution in [2.24, 2.45) is 10.2 Å². The van der Waals surface area contributed by atoms with Crippen molar-refractivity contribution >= 4 is 67.5 Å².